The topological polar surface area (TPSA) is 61.2 Å². The van der Waals surface area contributed by atoms with Crippen LogP contribution in [0.5, 0.6) is 0 Å². The van der Waals surface area contributed by atoms with E-state index in [1.807, 2.05) is 18.2 Å². The molecular weight excluding hydrogens is 354 g/mol. The molecule has 3 N–H and O–H groups in total. The number of H-pyrrole nitrogens is 1. The Labute approximate surface area is 146 Å². The molecule has 1 aromatic carbocycles. The number of likely N-dealkylation sites (N-methyl/N-ethyl adjacent to an activating group) is 1. The molecule has 0 spiro atoms. The van der Waals surface area contributed by atoms with Crippen LogP contribution >= 0.6 is 15.9 Å². The summed E-state index contributed by atoms with van der Waals surface area (Å²) in [5, 5.41) is 0. The van der Waals surface area contributed by atoms with Crippen molar-refractivity contribution in [1.29, 1.82) is 0 Å². The Morgan fingerprint density at radius 1 is 1.22 bits per heavy atom. The number of aromatic amines is 1. The summed E-state index contributed by atoms with van der Waals surface area (Å²) in [5.41, 5.74) is 8.26. The zero-order chi connectivity index (χ0) is 16.2. The Kier molecular flexibility index (Phi) is 5.48. The van der Waals surface area contributed by atoms with Crippen LogP contribution in [0.3, 0.4) is 0 Å². The molecule has 0 saturated carbocycles. The van der Waals surface area contributed by atoms with Gasteiger partial charge in [0.25, 0.3) is 0 Å². The Morgan fingerprint density at radius 3 is 2.52 bits per heavy atom. The van der Waals surface area contributed by atoms with E-state index in [1.165, 1.54) is 0 Å². The number of hydrogen-bond acceptors (Lipinski definition) is 4. The maximum Gasteiger partial charge on any atom is 0.138 e. The summed E-state index contributed by atoms with van der Waals surface area (Å²) >= 11 is 3.61. The van der Waals surface area contributed by atoms with E-state index < -0.39 is 0 Å². The molecule has 1 aliphatic heterocycles. The number of piperazine rings is 1. The predicted octanol–water partition coefficient (Wildman–Crippen LogP) is 2.48. The molecule has 1 unspecified atom stereocenters. The van der Waals surface area contributed by atoms with E-state index in [1.54, 1.807) is 0 Å². The van der Waals surface area contributed by atoms with Crippen molar-refractivity contribution in [3.63, 3.8) is 0 Å². The first-order chi connectivity index (χ1) is 11.2. The number of hydrogen-bond donors (Lipinski definition) is 2. The molecule has 0 amide bonds. The normalized spacial score (nSPS) is 18.2. The summed E-state index contributed by atoms with van der Waals surface area (Å²) in [6.07, 6.45) is 0. The lowest BCUT2D eigenvalue weighted by atomic mass is 10.1. The van der Waals surface area contributed by atoms with Gasteiger partial charge in [0.15, 0.2) is 0 Å². The van der Waals surface area contributed by atoms with Crippen molar-refractivity contribution in [1.82, 2.24) is 19.8 Å². The van der Waals surface area contributed by atoms with E-state index >= 15 is 0 Å². The highest BCUT2D eigenvalue weighted by molar-refractivity contribution is 9.10. The highest BCUT2D eigenvalue weighted by Gasteiger charge is 2.27. The number of nitrogens with one attached hydrogen (secondary N) is 1. The van der Waals surface area contributed by atoms with Gasteiger partial charge in [-0.3, -0.25) is 4.90 Å². The fourth-order valence-electron chi connectivity index (χ4n) is 3.16. The van der Waals surface area contributed by atoms with Gasteiger partial charge >= 0.3 is 0 Å². The maximum absolute atomic E-state index is 6.10. The Morgan fingerprint density at radius 2 is 1.91 bits per heavy atom. The summed E-state index contributed by atoms with van der Waals surface area (Å²) in [6, 6.07) is 10.4. The molecule has 3 rings (SSSR count). The summed E-state index contributed by atoms with van der Waals surface area (Å²) in [4.78, 5) is 13.1. The van der Waals surface area contributed by atoms with Crippen molar-refractivity contribution in [2.24, 2.45) is 5.73 Å². The van der Waals surface area contributed by atoms with Crippen LogP contribution < -0.4 is 5.73 Å². The first kappa shape index (κ1) is 16.6. The van der Waals surface area contributed by atoms with Crippen LogP contribution in [-0.2, 0) is 0 Å². The first-order valence-corrected chi connectivity index (χ1v) is 8.99. The molecule has 5 nitrogen and oxygen atoms in total. The molecule has 0 bridgehead atoms. The van der Waals surface area contributed by atoms with Crippen LogP contribution in [0.15, 0.2) is 34.9 Å². The number of benzene rings is 1. The first-order valence-electron chi connectivity index (χ1n) is 8.20. The molecule has 2 heterocycles. The smallest absolute Gasteiger partial charge is 0.138 e. The van der Waals surface area contributed by atoms with Crippen LogP contribution in [0.1, 0.15) is 18.7 Å². The zero-order valence-corrected chi connectivity index (χ0v) is 15.1. The number of imidazole rings is 1. The maximum atomic E-state index is 6.10. The lowest BCUT2D eigenvalue weighted by Crippen LogP contribution is -2.48. The fourth-order valence-corrected chi connectivity index (χ4v) is 3.70. The van der Waals surface area contributed by atoms with Gasteiger partial charge in [-0.15, -0.1) is 0 Å². The largest absolute Gasteiger partial charge is 0.340 e. The lowest BCUT2D eigenvalue weighted by molar-refractivity contribution is 0.100. The zero-order valence-electron chi connectivity index (χ0n) is 13.5. The molecule has 1 aliphatic rings. The van der Waals surface area contributed by atoms with Crippen molar-refractivity contribution in [2.45, 2.75) is 13.0 Å². The van der Waals surface area contributed by atoms with Gasteiger partial charge in [-0.1, -0.05) is 37.3 Å². The third-order valence-electron chi connectivity index (χ3n) is 4.58. The van der Waals surface area contributed by atoms with Crippen LogP contribution in [0.2, 0.25) is 0 Å². The van der Waals surface area contributed by atoms with Gasteiger partial charge < -0.3 is 15.6 Å². The second-order valence-corrected chi connectivity index (χ2v) is 6.63. The van der Waals surface area contributed by atoms with E-state index in [0.29, 0.717) is 6.54 Å². The van der Waals surface area contributed by atoms with Crippen molar-refractivity contribution in [2.75, 3.05) is 39.3 Å². The summed E-state index contributed by atoms with van der Waals surface area (Å²) in [5.74, 6) is 0.887. The highest BCUT2D eigenvalue weighted by Crippen LogP contribution is 2.29. The van der Waals surface area contributed by atoms with Crippen LogP contribution in [0, 0.1) is 0 Å². The predicted molar refractivity (Wildman–Crippen MR) is 97.2 cm³/mol. The molecule has 1 fully saturated rings. The Hall–Kier alpha value is -1.21. The molecule has 2 aromatic rings. The van der Waals surface area contributed by atoms with Crippen molar-refractivity contribution >= 4 is 15.9 Å². The van der Waals surface area contributed by atoms with E-state index in [4.69, 9.17) is 5.73 Å². The van der Waals surface area contributed by atoms with E-state index in [9.17, 15) is 0 Å². The molecule has 1 saturated heterocycles. The molecule has 6 heteroatoms. The molecule has 1 atom stereocenters. The van der Waals surface area contributed by atoms with Crippen molar-refractivity contribution in [3.8, 4) is 11.4 Å². The summed E-state index contributed by atoms with van der Waals surface area (Å²) in [7, 11) is 0. The van der Waals surface area contributed by atoms with Crippen LogP contribution in [-0.4, -0.2) is 59.0 Å². The molecule has 124 valence electrons. The molecule has 1 aromatic heterocycles. The van der Waals surface area contributed by atoms with E-state index in [2.05, 4.69) is 54.8 Å². The number of nitrogens with two attached hydrogens (primary N) is 1. The van der Waals surface area contributed by atoms with Crippen LogP contribution in [0.25, 0.3) is 11.4 Å². The van der Waals surface area contributed by atoms with Crippen molar-refractivity contribution < 1.29 is 0 Å². The van der Waals surface area contributed by atoms with Gasteiger partial charge in [0.1, 0.15) is 10.4 Å². The molecule has 0 radical (unpaired) electrons. The standard InChI is InChI=1S/C17H24BrN5/c1-2-22-8-10-23(11-9-22)14(12-19)15-16(18)21-17(20-15)13-6-4-3-5-7-13/h3-7,14H,2,8-12,19H2,1H3,(H,20,21). The quantitative estimate of drug-likeness (QED) is 0.839. The monoisotopic (exact) mass is 377 g/mol. The number of nitrogens with zero attached hydrogens (tertiary/aromatic N) is 3. The van der Waals surface area contributed by atoms with Gasteiger partial charge in [0, 0.05) is 38.3 Å². The fraction of sp³-hybridized carbons (Fsp3) is 0.471. The van der Waals surface area contributed by atoms with Gasteiger partial charge in [-0.2, -0.15) is 0 Å². The molecule has 0 aliphatic carbocycles. The second kappa shape index (κ2) is 7.57. The van der Waals surface area contributed by atoms with Crippen molar-refractivity contribution in [3.05, 3.63) is 40.6 Å². The van der Waals surface area contributed by atoms with Gasteiger partial charge in [0.2, 0.25) is 0 Å². The minimum atomic E-state index is 0.174. The third-order valence-corrected chi connectivity index (χ3v) is 5.19. The molecular formula is C17H24BrN5. The minimum Gasteiger partial charge on any atom is -0.340 e. The Balaban J connectivity index is 1.81. The molecule has 23 heavy (non-hydrogen) atoms. The third kappa shape index (κ3) is 3.66. The SMILES string of the molecule is CCN1CCN(C(CN)c2[nH]c(-c3ccccc3)nc2Br)CC1. The Bertz CT molecular complexity index is 619. The number of halogens is 1. The van der Waals surface area contributed by atoms with E-state index in [-0.39, 0.29) is 6.04 Å². The number of rotatable bonds is 5. The average Bonchev–Trinajstić information content (AvgIpc) is 2.99. The van der Waals surface area contributed by atoms with Gasteiger partial charge in [-0.05, 0) is 22.5 Å². The van der Waals surface area contributed by atoms with Gasteiger partial charge in [-0.25, -0.2) is 4.98 Å². The lowest BCUT2D eigenvalue weighted by Gasteiger charge is -2.38. The summed E-state index contributed by atoms with van der Waals surface area (Å²) < 4.78 is 0.865. The average molecular weight is 378 g/mol. The summed E-state index contributed by atoms with van der Waals surface area (Å²) in [6.45, 7) is 8.21. The van der Waals surface area contributed by atoms with E-state index in [0.717, 1.165) is 54.4 Å². The van der Waals surface area contributed by atoms with Crippen LogP contribution in [0.4, 0.5) is 0 Å². The second-order valence-electron chi connectivity index (χ2n) is 5.88. The van der Waals surface area contributed by atoms with Gasteiger partial charge in [0.05, 0.1) is 11.7 Å². The minimum absolute atomic E-state index is 0.174. The number of aromatic nitrogens is 2. The highest BCUT2D eigenvalue weighted by atomic mass is 79.9.